The zero-order valence-corrected chi connectivity index (χ0v) is 15.1. The van der Waals surface area contributed by atoms with E-state index in [-0.39, 0.29) is 16.9 Å². The topological polar surface area (TPSA) is 58.6 Å². The standard InChI is InChI=1S/C20H21ClFNO3/c21-18-11-17(22)6-5-16(18)12-20(7-9-26-10-8-20)23-13-14-1-3-15(4-2-14)19(24)25/h1-6,11,23H,7-10,12-13H2,(H,24,25). The molecule has 0 bridgehead atoms. The van der Waals surface area contributed by atoms with Crippen molar-refractivity contribution in [3.63, 3.8) is 0 Å². The molecule has 138 valence electrons. The van der Waals surface area contributed by atoms with Gasteiger partial charge in [0.15, 0.2) is 0 Å². The zero-order chi connectivity index (χ0) is 18.6. The second kappa shape index (κ2) is 8.16. The van der Waals surface area contributed by atoms with Crippen LogP contribution in [0.25, 0.3) is 0 Å². The first-order chi connectivity index (χ1) is 12.5. The first kappa shape index (κ1) is 18.8. The quantitative estimate of drug-likeness (QED) is 0.797. The van der Waals surface area contributed by atoms with Gasteiger partial charge in [0.25, 0.3) is 0 Å². The average Bonchev–Trinajstić information content (AvgIpc) is 2.64. The summed E-state index contributed by atoms with van der Waals surface area (Å²) in [6.45, 7) is 1.92. The van der Waals surface area contributed by atoms with E-state index in [2.05, 4.69) is 5.32 Å². The lowest BCUT2D eigenvalue weighted by molar-refractivity contribution is 0.0373. The molecule has 2 N–H and O–H groups in total. The summed E-state index contributed by atoms with van der Waals surface area (Å²) in [7, 11) is 0. The Morgan fingerprint density at radius 3 is 2.50 bits per heavy atom. The van der Waals surface area contributed by atoms with Crippen LogP contribution in [0.5, 0.6) is 0 Å². The highest BCUT2D eigenvalue weighted by atomic mass is 35.5. The van der Waals surface area contributed by atoms with E-state index in [0.717, 1.165) is 24.0 Å². The third-order valence-electron chi connectivity index (χ3n) is 4.86. The van der Waals surface area contributed by atoms with Crippen LogP contribution in [0, 0.1) is 5.82 Å². The third-order valence-corrected chi connectivity index (χ3v) is 5.21. The van der Waals surface area contributed by atoms with Crippen LogP contribution in [0.3, 0.4) is 0 Å². The summed E-state index contributed by atoms with van der Waals surface area (Å²) < 4.78 is 18.8. The van der Waals surface area contributed by atoms with E-state index in [1.807, 2.05) is 12.1 Å². The summed E-state index contributed by atoms with van der Waals surface area (Å²) in [5, 5.41) is 13.0. The van der Waals surface area contributed by atoms with Gasteiger partial charge in [-0.2, -0.15) is 0 Å². The van der Waals surface area contributed by atoms with Crippen LogP contribution in [0.4, 0.5) is 4.39 Å². The van der Waals surface area contributed by atoms with Gasteiger partial charge in [-0.05, 0) is 54.7 Å². The first-order valence-electron chi connectivity index (χ1n) is 8.56. The van der Waals surface area contributed by atoms with Gasteiger partial charge in [-0.1, -0.05) is 29.8 Å². The second-order valence-electron chi connectivity index (χ2n) is 6.66. The number of halogens is 2. The maximum absolute atomic E-state index is 13.3. The Hall–Kier alpha value is -1.95. The van der Waals surface area contributed by atoms with Crippen LogP contribution in [-0.2, 0) is 17.7 Å². The first-order valence-corrected chi connectivity index (χ1v) is 8.94. The Kier molecular flexibility index (Phi) is 5.91. The molecule has 1 aliphatic rings. The Bertz CT molecular complexity index is 773. The fourth-order valence-corrected chi connectivity index (χ4v) is 3.50. The Labute approximate surface area is 156 Å². The minimum absolute atomic E-state index is 0.189. The maximum atomic E-state index is 13.3. The molecule has 0 spiro atoms. The Balaban J connectivity index is 1.73. The smallest absolute Gasteiger partial charge is 0.335 e. The van der Waals surface area contributed by atoms with Crippen LogP contribution in [-0.4, -0.2) is 29.8 Å². The predicted octanol–water partition coefficient (Wildman–Crippen LogP) is 4.06. The largest absolute Gasteiger partial charge is 0.478 e. The number of benzene rings is 2. The van der Waals surface area contributed by atoms with Gasteiger partial charge in [0.2, 0.25) is 0 Å². The maximum Gasteiger partial charge on any atom is 0.335 e. The number of hydrogen-bond acceptors (Lipinski definition) is 3. The van der Waals surface area contributed by atoms with Gasteiger partial charge in [0.05, 0.1) is 5.56 Å². The van der Waals surface area contributed by atoms with E-state index < -0.39 is 5.97 Å². The fourth-order valence-electron chi connectivity index (χ4n) is 3.26. The summed E-state index contributed by atoms with van der Waals surface area (Å²) in [4.78, 5) is 11.0. The van der Waals surface area contributed by atoms with Gasteiger partial charge in [0, 0.05) is 30.3 Å². The van der Waals surface area contributed by atoms with Crippen molar-refractivity contribution >= 4 is 17.6 Å². The average molecular weight is 378 g/mol. The Morgan fingerprint density at radius 2 is 1.88 bits per heavy atom. The lowest BCUT2D eigenvalue weighted by Gasteiger charge is -2.39. The van der Waals surface area contributed by atoms with Gasteiger partial charge in [-0.15, -0.1) is 0 Å². The molecule has 1 saturated heterocycles. The summed E-state index contributed by atoms with van der Waals surface area (Å²) in [5.41, 5.74) is 1.99. The lowest BCUT2D eigenvalue weighted by atomic mass is 9.83. The Morgan fingerprint density at radius 1 is 1.19 bits per heavy atom. The number of nitrogens with one attached hydrogen (secondary N) is 1. The van der Waals surface area contributed by atoms with Crippen molar-refractivity contribution in [2.45, 2.75) is 31.3 Å². The monoisotopic (exact) mass is 377 g/mol. The van der Waals surface area contributed by atoms with Crippen LogP contribution in [0.1, 0.15) is 34.3 Å². The van der Waals surface area contributed by atoms with E-state index >= 15 is 0 Å². The molecule has 2 aromatic rings. The van der Waals surface area contributed by atoms with E-state index in [0.29, 0.717) is 31.2 Å². The molecule has 1 fully saturated rings. The number of ether oxygens (including phenoxy) is 1. The molecular formula is C20H21ClFNO3. The zero-order valence-electron chi connectivity index (χ0n) is 14.3. The van der Waals surface area contributed by atoms with Gasteiger partial charge in [0.1, 0.15) is 5.82 Å². The van der Waals surface area contributed by atoms with Crippen molar-refractivity contribution < 1.29 is 19.0 Å². The summed E-state index contributed by atoms with van der Waals surface area (Å²) in [5.74, 6) is -1.28. The lowest BCUT2D eigenvalue weighted by Crippen LogP contribution is -2.50. The summed E-state index contributed by atoms with van der Waals surface area (Å²) >= 11 is 6.22. The van der Waals surface area contributed by atoms with Crippen molar-refractivity contribution in [3.8, 4) is 0 Å². The molecule has 26 heavy (non-hydrogen) atoms. The molecule has 1 heterocycles. The normalized spacial score (nSPS) is 16.4. The molecule has 0 amide bonds. The van der Waals surface area contributed by atoms with E-state index in [1.165, 1.54) is 12.1 Å². The number of carboxylic acid groups (broad SMARTS) is 1. The highest BCUT2D eigenvalue weighted by molar-refractivity contribution is 6.31. The molecule has 0 aromatic heterocycles. The van der Waals surface area contributed by atoms with Gasteiger partial charge >= 0.3 is 5.97 Å². The van der Waals surface area contributed by atoms with E-state index in [4.69, 9.17) is 21.4 Å². The van der Waals surface area contributed by atoms with Gasteiger partial charge < -0.3 is 15.2 Å². The third kappa shape index (κ3) is 4.61. The highest BCUT2D eigenvalue weighted by Gasteiger charge is 2.32. The molecule has 6 heteroatoms. The van der Waals surface area contributed by atoms with Crippen LogP contribution < -0.4 is 5.32 Å². The van der Waals surface area contributed by atoms with E-state index in [9.17, 15) is 9.18 Å². The summed E-state index contributed by atoms with van der Waals surface area (Å²) in [6, 6.07) is 11.3. The second-order valence-corrected chi connectivity index (χ2v) is 7.07. The molecule has 3 rings (SSSR count). The highest BCUT2D eigenvalue weighted by Crippen LogP contribution is 2.29. The predicted molar refractivity (Wildman–Crippen MR) is 98.1 cm³/mol. The van der Waals surface area contributed by atoms with Crippen molar-refractivity contribution in [2.75, 3.05) is 13.2 Å². The molecule has 0 unspecified atom stereocenters. The molecule has 0 atom stereocenters. The van der Waals surface area contributed by atoms with E-state index in [1.54, 1.807) is 18.2 Å². The SMILES string of the molecule is O=C(O)c1ccc(CNC2(Cc3ccc(F)cc3Cl)CCOCC2)cc1. The van der Waals surface area contributed by atoms with Crippen molar-refractivity contribution in [1.82, 2.24) is 5.32 Å². The molecule has 0 aliphatic carbocycles. The number of hydrogen-bond donors (Lipinski definition) is 2. The molecule has 4 nitrogen and oxygen atoms in total. The summed E-state index contributed by atoms with van der Waals surface area (Å²) in [6.07, 6.45) is 2.34. The minimum Gasteiger partial charge on any atom is -0.478 e. The molecule has 0 saturated carbocycles. The number of aromatic carboxylic acids is 1. The number of carboxylic acids is 1. The number of carbonyl (C=O) groups is 1. The molecule has 2 aromatic carbocycles. The number of rotatable bonds is 6. The van der Waals surface area contributed by atoms with Crippen molar-refractivity contribution in [3.05, 3.63) is 70.0 Å². The fraction of sp³-hybridized carbons (Fsp3) is 0.350. The van der Waals surface area contributed by atoms with Crippen LogP contribution in [0.15, 0.2) is 42.5 Å². The van der Waals surface area contributed by atoms with Gasteiger partial charge in [-0.25, -0.2) is 9.18 Å². The molecule has 1 aliphatic heterocycles. The van der Waals surface area contributed by atoms with Gasteiger partial charge in [-0.3, -0.25) is 0 Å². The van der Waals surface area contributed by atoms with Crippen molar-refractivity contribution in [2.24, 2.45) is 0 Å². The molecular weight excluding hydrogens is 357 g/mol. The van der Waals surface area contributed by atoms with Crippen LogP contribution >= 0.6 is 11.6 Å². The minimum atomic E-state index is -0.934. The van der Waals surface area contributed by atoms with Crippen LogP contribution in [0.2, 0.25) is 5.02 Å². The molecule has 0 radical (unpaired) electrons. The van der Waals surface area contributed by atoms with Crippen molar-refractivity contribution in [1.29, 1.82) is 0 Å².